The molecule has 15 heteroatoms. The van der Waals surface area contributed by atoms with Crippen LogP contribution in [0.25, 0.3) is 0 Å². The fraction of sp³-hybridized carbons (Fsp3) is 0.500. The summed E-state index contributed by atoms with van der Waals surface area (Å²) in [5, 5.41) is 34.1. The predicted molar refractivity (Wildman–Crippen MR) is 152 cm³/mol. The molecular formula is C28H36BN2O11S-. The molecule has 2 aromatic carbocycles. The standard InChI is InChI=1S/C28H36BN2O11S/c1-17(2)14-31(43(37,38)19-8-9-22-21(13-19)26(33)42-29(22,35)36)15-24(32)23(12-18-6-4-3-5-7-18)30-28(34)41-25-16-40-27-20(25)10-11-39-27/h3-9,13,17,20,23-25,27,32,35-36H,10-12,14-16H2,1-2H3,(H,30,34)/q-1/t20-,23-,24+,25-,27+/m0/s1. The Morgan fingerprint density at radius 3 is 2.60 bits per heavy atom. The fourth-order valence-corrected chi connectivity index (χ4v) is 7.31. The van der Waals surface area contributed by atoms with Gasteiger partial charge in [-0.25, -0.2) is 13.2 Å². The molecule has 13 nitrogen and oxygen atoms in total. The number of carbonyl (C=O) groups excluding carboxylic acids is 2. The number of amides is 1. The molecule has 1 amide bonds. The van der Waals surface area contributed by atoms with Crippen LogP contribution < -0.4 is 10.8 Å². The van der Waals surface area contributed by atoms with Gasteiger partial charge in [0.1, 0.15) is 6.10 Å². The zero-order valence-electron chi connectivity index (χ0n) is 23.9. The smallest absolute Gasteiger partial charge is 0.464 e. The molecule has 2 saturated heterocycles. The van der Waals surface area contributed by atoms with Crippen LogP contribution in [-0.4, -0.2) is 97.5 Å². The first-order valence-electron chi connectivity index (χ1n) is 14.2. The lowest BCUT2D eigenvalue weighted by Crippen LogP contribution is -2.51. The number of carbonyl (C=O) groups is 2. The zero-order chi connectivity index (χ0) is 30.9. The van der Waals surface area contributed by atoms with Gasteiger partial charge in [0.05, 0.1) is 36.2 Å². The third-order valence-corrected chi connectivity index (χ3v) is 9.66. The minimum absolute atomic E-state index is 0.0137. The van der Waals surface area contributed by atoms with Gasteiger partial charge in [-0.1, -0.05) is 55.7 Å². The number of hydrogen-bond donors (Lipinski definition) is 4. The molecule has 0 bridgehead atoms. The summed E-state index contributed by atoms with van der Waals surface area (Å²) in [6, 6.07) is 11.5. The second-order valence-electron chi connectivity index (χ2n) is 11.5. The number of alkyl carbamates (subject to hydrolysis) is 1. The number of nitrogens with zero attached hydrogens (tertiary/aromatic N) is 1. The molecule has 2 fully saturated rings. The maximum atomic E-state index is 13.8. The van der Waals surface area contributed by atoms with E-state index in [4.69, 9.17) is 14.2 Å². The molecule has 0 spiro atoms. The summed E-state index contributed by atoms with van der Waals surface area (Å²) in [5.74, 6) is -1.29. The van der Waals surface area contributed by atoms with Crippen LogP contribution in [0, 0.1) is 11.8 Å². The van der Waals surface area contributed by atoms with Crippen LogP contribution in [0.2, 0.25) is 0 Å². The average Bonchev–Trinajstić information content (AvgIpc) is 3.62. The molecule has 4 N–H and O–H groups in total. The summed E-state index contributed by atoms with van der Waals surface area (Å²) in [6.07, 6.45) is -2.18. The van der Waals surface area contributed by atoms with E-state index in [2.05, 4.69) is 9.97 Å². The van der Waals surface area contributed by atoms with Crippen LogP contribution in [0.3, 0.4) is 0 Å². The molecule has 43 heavy (non-hydrogen) atoms. The van der Waals surface area contributed by atoms with Crippen molar-refractivity contribution in [2.75, 3.05) is 26.3 Å². The van der Waals surface area contributed by atoms with Crippen LogP contribution in [0.4, 0.5) is 4.79 Å². The fourth-order valence-electron chi connectivity index (χ4n) is 5.66. The molecule has 0 aliphatic carbocycles. The number of fused-ring (bicyclic) bond motifs is 2. The van der Waals surface area contributed by atoms with Gasteiger partial charge >= 0.3 is 12.8 Å². The highest BCUT2D eigenvalue weighted by Gasteiger charge is 2.44. The predicted octanol–water partition coefficient (Wildman–Crippen LogP) is 0.0940. The van der Waals surface area contributed by atoms with Crippen LogP contribution in [0.1, 0.15) is 36.2 Å². The number of aliphatic hydroxyl groups is 1. The highest BCUT2D eigenvalue weighted by atomic mass is 32.2. The Labute approximate surface area is 249 Å². The van der Waals surface area contributed by atoms with Gasteiger partial charge in [0.2, 0.25) is 10.0 Å². The topological polar surface area (TPSA) is 181 Å². The molecule has 0 saturated carbocycles. The lowest BCUT2D eigenvalue weighted by molar-refractivity contribution is -0.0907. The second kappa shape index (κ2) is 12.5. The summed E-state index contributed by atoms with van der Waals surface area (Å²) in [6.45, 7) is 0.380. The first-order chi connectivity index (χ1) is 20.3. The van der Waals surface area contributed by atoms with Crippen molar-refractivity contribution in [2.45, 2.75) is 56.1 Å². The highest BCUT2D eigenvalue weighted by Crippen LogP contribution is 2.33. The van der Waals surface area contributed by atoms with E-state index in [0.29, 0.717) is 13.0 Å². The molecule has 3 aliphatic rings. The summed E-state index contributed by atoms with van der Waals surface area (Å²) < 4.78 is 50.0. The number of benzene rings is 2. The number of nitrogens with one attached hydrogen (secondary N) is 1. The van der Waals surface area contributed by atoms with Crippen molar-refractivity contribution in [3.05, 3.63) is 59.7 Å². The third kappa shape index (κ3) is 6.88. The van der Waals surface area contributed by atoms with E-state index in [1.165, 1.54) is 0 Å². The highest BCUT2D eigenvalue weighted by molar-refractivity contribution is 7.89. The molecule has 5 atom stereocenters. The number of rotatable bonds is 11. The van der Waals surface area contributed by atoms with Gasteiger partial charge in [-0.05, 0) is 36.5 Å². The average molecular weight is 619 g/mol. The number of aliphatic hydroxyl groups excluding tert-OH is 1. The maximum absolute atomic E-state index is 13.8. The Morgan fingerprint density at radius 1 is 1.14 bits per heavy atom. The van der Waals surface area contributed by atoms with Crippen molar-refractivity contribution in [1.82, 2.24) is 9.62 Å². The minimum Gasteiger partial charge on any atom is -0.636 e. The summed E-state index contributed by atoms with van der Waals surface area (Å²) in [4.78, 5) is 24.9. The van der Waals surface area contributed by atoms with Crippen molar-refractivity contribution in [3.63, 3.8) is 0 Å². The zero-order valence-corrected chi connectivity index (χ0v) is 24.7. The van der Waals surface area contributed by atoms with Crippen molar-refractivity contribution in [3.8, 4) is 0 Å². The SMILES string of the molecule is CC(C)CN(C[C@@H](O)[C@H](Cc1ccccc1)NC(=O)O[C@H]1CO[C@H]2OCC[C@H]21)S(=O)(=O)c1ccc2c(c1)C(=O)O[B-]2(O)O. The molecule has 234 valence electrons. The Hall–Kier alpha value is -3.05. The van der Waals surface area contributed by atoms with Crippen molar-refractivity contribution < 1.29 is 52.0 Å². The van der Waals surface area contributed by atoms with Gasteiger partial charge < -0.3 is 39.3 Å². The van der Waals surface area contributed by atoms with E-state index in [0.717, 1.165) is 28.1 Å². The van der Waals surface area contributed by atoms with Crippen molar-refractivity contribution in [2.24, 2.45) is 11.8 Å². The summed E-state index contributed by atoms with van der Waals surface area (Å²) in [5.41, 5.74) is 0.315. The first kappa shape index (κ1) is 31.4. The Morgan fingerprint density at radius 2 is 1.88 bits per heavy atom. The second-order valence-corrected chi connectivity index (χ2v) is 13.5. The molecule has 3 heterocycles. The molecule has 2 aromatic rings. The van der Waals surface area contributed by atoms with Crippen LogP contribution in [0.15, 0.2) is 53.4 Å². The number of hydrogen-bond acceptors (Lipinski definition) is 11. The van der Waals surface area contributed by atoms with E-state index >= 15 is 0 Å². The third-order valence-electron chi connectivity index (χ3n) is 7.83. The number of ether oxygens (including phenoxy) is 3. The molecule has 0 unspecified atom stereocenters. The number of sulfonamides is 1. The van der Waals surface area contributed by atoms with Gasteiger partial charge in [0, 0.05) is 18.7 Å². The van der Waals surface area contributed by atoms with Gasteiger partial charge in [0.25, 0.3) is 5.97 Å². The van der Waals surface area contributed by atoms with E-state index in [-0.39, 0.29) is 47.3 Å². The molecule has 0 radical (unpaired) electrons. The normalized spacial score (nSPS) is 24.0. The molecule has 5 rings (SSSR count). The van der Waals surface area contributed by atoms with E-state index in [1.54, 1.807) is 0 Å². The van der Waals surface area contributed by atoms with Gasteiger partial charge in [0.15, 0.2) is 6.29 Å². The largest absolute Gasteiger partial charge is 0.636 e. The van der Waals surface area contributed by atoms with Gasteiger partial charge in [-0.15, -0.1) is 0 Å². The summed E-state index contributed by atoms with van der Waals surface area (Å²) in [7, 11) is -4.30. The first-order valence-corrected chi connectivity index (χ1v) is 15.7. The maximum Gasteiger partial charge on any atom is 0.464 e. The van der Waals surface area contributed by atoms with Crippen molar-refractivity contribution >= 4 is 34.3 Å². The van der Waals surface area contributed by atoms with E-state index in [1.807, 2.05) is 44.2 Å². The Bertz CT molecular complexity index is 1440. The lowest BCUT2D eigenvalue weighted by atomic mass is 9.71. The Kier molecular flexibility index (Phi) is 9.14. The molecular weight excluding hydrogens is 583 g/mol. The Balaban J connectivity index is 1.36. The monoisotopic (exact) mass is 619 g/mol. The van der Waals surface area contributed by atoms with Crippen LogP contribution in [0.5, 0.6) is 0 Å². The van der Waals surface area contributed by atoms with Crippen LogP contribution >= 0.6 is 0 Å². The van der Waals surface area contributed by atoms with Gasteiger partial charge in [-0.3, -0.25) is 4.79 Å². The minimum atomic E-state index is -4.30. The van der Waals surface area contributed by atoms with E-state index in [9.17, 15) is 33.2 Å². The van der Waals surface area contributed by atoms with Crippen molar-refractivity contribution in [1.29, 1.82) is 0 Å². The molecule has 0 aromatic heterocycles. The van der Waals surface area contributed by atoms with E-state index < -0.39 is 59.9 Å². The quantitative estimate of drug-likeness (QED) is 0.251. The van der Waals surface area contributed by atoms with Gasteiger partial charge in [-0.2, -0.15) is 4.31 Å². The summed E-state index contributed by atoms with van der Waals surface area (Å²) >= 11 is 0. The lowest BCUT2D eigenvalue weighted by Gasteiger charge is -2.31. The van der Waals surface area contributed by atoms with Crippen LogP contribution in [-0.2, 0) is 35.3 Å². The molecule has 3 aliphatic heterocycles.